The van der Waals surface area contributed by atoms with Gasteiger partial charge in [0, 0.05) is 25.6 Å². The summed E-state index contributed by atoms with van der Waals surface area (Å²) >= 11 is 0. The first-order valence-corrected chi connectivity index (χ1v) is 11.0. The number of aliphatic imine (C=N–C) groups is 1. The number of rotatable bonds is 3. The molecule has 1 aliphatic rings. The molecular weight excluding hydrogens is 370 g/mol. The van der Waals surface area contributed by atoms with Crippen LogP contribution in [-0.2, 0) is 24.4 Å². The molecule has 1 amide bonds. The van der Waals surface area contributed by atoms with E-state index in [1.165, 1.54) is 30.2 Å². The van der Waals surface area contributed by atoms with E-state index < -0.39 is 25.8 Å². The molecule has 0 spiro atoms. The quantitative estimate of drug-likeness (QED) is 0.794. The summed E-state index contributed by atoms with van der Waals surface area (Å²) in [6, 6.07) is 4.01. The molecule has 11 heteroatoms. The number of nitrogens with one attached hydrogen (secondary N) is 1. The van der Waals surface area contributed by atoms with Crippen LogP contribution in [0, 0.1) is 0 Å². The Labute approximate surface area is 146 Å². The van der Waals surface area contributed by atoms with Gasteiger partial charge in [0.25, 0.3) is 0 Å². The fourth-order valence-corrected chi connectivity index (χ4v) is 4.30. The van der Waals surface area contributed by atoms with Crippen LogP contribution in [0.25, 0.3) is 0 Å². The summed E-state index contributed by atoms with van der Waals surface area (Å²) in [5.41, 5.74) is -0.0256. The number of carbonyl (C=O) groups is 1. The summed E-state index contributed by atoms with van der Waals surface area (Å²) < 4.78 is 53.3. The number of alkyl carbamates (subject to hydrolysis) is 1. The summed E-state index contributed by atoms with van der Waals surface area (Å²) in [6.45, 7) is 0.697. The van der Waals surface area contributed by atoms with Crippen LogP contribution in [-0.4, -0.2) is 61.6 Å². The fourth-order valence-electron chi connectivity index (χ4n) is 2.44. The first kappa shape index (κ1) is 19.2. The first-order chi connectivity index (χ1) is 11.6. The molecule has 25 heavy (non-hydrogen) atoms. The van der Waals surface area contributed by atoms with Gasteiger partial charge in [-0.2, -0.15) is 0 Å². The molecule has 0 unspecified atom stereocenters. The van der Waals surface area contributed by atoms with Gasteiger partial charge in [0.2, 0.25) is 5.96 Å². The average molecular weight is 389 g/mol. The monoisotopic (exact) mass is 389 g/mol. The van der Waals surface area contributed by atoms with Gasteiger partial charge in [-0.15, -0.1) is 0 Å². The van der Waals surface area contributed by atoms with E-state index in [9.17, 15) is 21.6 Å². The zero-order valence-electron chi connectivity index (χ0n) is 14.0. The molecule has 138 valence electrons. The van der Waals surface area contributed by atoms with Crippen LogP contribution in [0.5, 0.6) is 0 Å². The largest absolute Gasteiger partial charge is 0.453 e. The van der Waals surface area contributed by atoms with Crippen LogP contribution in [0.3, 0.4) is 0 Å². The number of anilines is 1. The molecular formula is C14H19N3O6S2. The average Bonchev–Trinajstić information content (AvgIpc) is 2.53. The predicted octanol–water partition coefficient (Wildman–Crippen LogP) is 0.416. The second kappa shape index (κ2) is 7.00. The molecule has 1 aliphatic heterocycles. The van der Waals surface area contributed by atoms with Crippen molar-refractivity contribution < 1.29 is 26.4 Å². The lowest BCUT2D eigenvalue weighted by Crippen LogP contribution is -2.48. The molecule has 0 aromatic heterocycles. The van der Waals surface area contributed by atoms with Gasteiger partial charge in [-0.3, -0.25) is 10.3 Å². The summed E-state index contributed by atoms with van der Waals surface area (Å²) in [7, 11) is -6.28. The van der Waals surface area contributed by atoms with Crippen molar-refractivity contribution in [3.8, 4) is 0 Å². The predicted molar refractivity (Wildman–Crippen MR) is 92.5 cm³/mol. The molecule has 0 saturated carbocycles. The molecule has 0 aliphatic carbocycles. The van der Waals surface area contributed by atoms with E-state index in [0.717, 1.165) is 12.5 Å². The van der Waals surface area contributed by atoms with Crippen molar-refractivity contribution in [1.29, 1.82) is 0 Å². The summed E-state index contributed by atoms with van der Waals surface area (Å²) in [5, 5.41) is 2.40. The topological polar surface area (TPSA) is 122 Å². The maximum Gasteiger partial charge on any atom is 0.413 e. The smallest absolute Gasteiger partial charge is 0.413 e. The van der Waals surface area contributed by atoms with Crippen molar-refractivity contribution >= 4 is 37.4 Å². The van der Waals surface area contributed by atoms with Crippen molar-refractivity contribution in [2.75, 3.05) is 37.6 Å². The van der Waals surface area contributed by atoms with E-state index >= 15 is 0 Å². The Kier molecular flexibility index (Phi) is 5.37. The molecule has 0 radical (unpaired) electrons. The number of ether oxygens (including phenoxy) is 1. The molecule has 0 atom stereocenters. The molecule has 2 rings (SSSR count). The number of methoxy groups -OCH3 is 1. The second-order valence-corrected chi connectivity index (χ2v) is 9.44. The van der Waals surface area contributed by atoms with Crippen LogP contribution >= 0.6 is 0 Å². The highest BCUT2D eigenvalue weighted by Gasteiger charge is 2.30. The van der Waals surface area contributed by atoms with Crippen molar-refractivity contribution in [2.24, 2.45) is 4.99 Å². The van der Waals surface area contributed by atoms with Crippen molar-refractivity contribution in [3.63, 3.8) is 0 Å². The number of carbonyl (C=O) groups excluding carboxylic acids is 1. The minimum absolute atomic E-state index is 0.0256. The third-order valence-electron chi connectivity index (χ3n) is 3.49. The highest BCUT2D eigenvalue weighted by molar-refractivity contribution is 7.91. The number of benzene rings is 1. The van der Waals surface area contributed by atoms with Crippen LogP contribution in [0.4, 0.5) is 10.5 Å². The van der Waals surface area contributed by atoms with Crippen molar-refractivity contribution in [1.82, 2.24) is 5.32 Å². The fraction of sp³-hybridized carbons (Fsp3) is 0.429. The molecule has 0 saturated heterocycles. The molecule has 1 aromatic carbocycles. The number of hydrogen-bond acceptors (Lipinski definition) is 8. The second-order valence-electron chi connectivity index (χ2n) is 5.47. The van der Waals surface area contributed by atoms with Gasteiger partial charge < -0.3 is 9.64 Å². The van der Waals surface area contributed by atoms with Gasteiger partial charge in [-0.25, -0.2) is 21.6 Å². The number of hydrogen-bond donors (Lipinski definition) is 1. The molecule has 0 fully saturated rings. The Morgan fingerprint density at radius 2 is 1.72 bits per heavy atom. The van der Waals surface area contributed by atoms with E-state index in [1.807, 2.05) is 0 Å². The first-order valence-electron chi connectivity index (χ1n) is 7.26. The number of para-hydroxylation sites is 1. The minimum atomic E-state index is -3.73. The van der Waals surface area contributed by atoms with Gasteiger partial charge in [-0.1, -0.05) is 6.07 Å². The van der Waals surface area contributed by atoms with Crippen molar-refractivity contribution in [2.45, 2.75) is 16.2 Å². The van der Waals surface area contributed by atoms with E-state index in [2.05, 4.69) is 15.0 Å². The molecule has 9 nitrogen and oxygen atoms in total. The Hall–Kier alpha value is -2.14. The number of guanidine groups is 1. The summed E-state index contributed by atoms with van der Waals surface area (Å²) in [6.07, 6.45) is 1.76. The van der Waals surface area contributed by atoms with Gasteiger partial charge >= 0.3 is 6.09 Å². The summed E-state index contributed by atoms with van der Waals surface area (Å²) in [4.78, 5) is 16.8. The summed E-state index contributed by atoms with van der Waals surface area (Å²) in [5.74, 6) is 0.0408. The highest BCUT2D eigenvalue weighted by Crippen LogP contribution is 2.33. The lowest BCUT2D eigenvalue weighted by Gasteiger charge is -2.31. The van der Waals surface area contributed by atoms with Crippen molar-refractivity contribution in [3.05, 3.63) is 18.2 Å². The molecule has 1 N–H and O–H groups in total. The van der Waals surface area contributed by atoms with Crippen LogP contribution in [0.15, 0.2) is 33.0 Å². The zero-order valence-corrected chi connectivity index (χ0v) is 15.6. The van der Waals surface area contributed by atoms with Gasteiger partial charge in [0.05, 0.1) is 22.6 Å². The van der Waals surface area contributed by atoms with Gasteiger partial charge in [0.1, 0.15) is 0 Å². The Balaban J connectivity index is 2.72. The van der Waals surface area contributed by atoms with E-state index in [4.69, 9.17) is 0 Å². The normalized spacial score (nSPS) is 15.5. The van der Waals surface area contributed by atoms with E-state index in [-0.39, 0.29) is 28.0 Å². The Morgan fingerprint density at radius 3 is 2.20 bits per heavy atom. The van der Waals surface area contributed by atoms with Gasteiger partial charge in [-0.05, 0) is 18.6 Å². The lowest BCUT2D eigenvalue weighted by molar-refractivity contribution is 0.176. The van der Waals surface area contributed by atoms with Crippen LogP contribution in [0.1, 0.15) is 6.42 Å². The third kappa shape index (κ3) is 4.28. The highest BCUT2D eigenvalue weighted by atomic mass is 32.2. The standard InChI is InChI=1S/C14H19N3O6S2/c1-23-14(18)16-13-15-8-5-9-17(13)12-10(24(2,19)20)6-4-7-11(12)25(3,21)22/h4,6-7H,5,8-9H2,1-3H3,(H,15,16,18). The van der Waals surface area contributed by atoms with E-state index in [0.29, 0.717) is 13.0 Å². The van der Waals surface area contributed by atoms with Crippen LogP contribution < -0.4 is 10.2 Å². The Morgan fingerprint density at radius 1 is 1.16 bits per heavy atom. The zero-order chi connectivity index (χ0) is 18.8. The van der Waals surface area contributed by atoms with Crippen LogP contribution in [0.2, 0.25) is 0 Å². The molecule has 1 aromatic rings. The number of sulfone groups is 2. The maximum absolute atomic E-state index is 12.2. The third-order valence-corrected chi connectivity index (χ3v) is 5.74. The Bertz CT molecular complexity index is 872. The number of amides is 1. The van der Waals surface area contributed by atoms with E-state index in [1.54, 1.807) is 0 Å². The minimum Gasteiger partial charge on any atom is -0.453 e. The maximum atomic E-state index is 12.2. The van der Waals surface area contributed by atoms with Gasteiger partial charge in [0.15, 0.2) is 19.7 Å². The number of nitrogens with zero attached hydrogens (tertiary/aromatic N) is 2. The molecule has 1 heterocycles. The molecule has 0 bridgehead atoms. The SMILES string of the molecule is COC(=O)NC1=NCCCN1c1c(S(C)(=O)=O)cccc1S(C)(=O)=O. The lowest BCUT2D eigenvalue weighted by atomic mass is 10.2.